The first-order valence-corrected chi connectivity index (χ1v) is 45.1. The van der Waals surface area contributed by atoms with Gasteiger partial charge in [0, 0.05) is 116 Å². The number of aliphatic imine (C=N–C) groups is 5. The van der Waals surface area contributed by atoms with E-state index in [2.05, 4.69) is 247 Å². The molecule has 0 fully saturated rings. The van der Waals surface area contributed by atoms with Gasteiger partial charge in [0.25, 0.3) is 0 Å². The number of para-hydroxylation sites is 2. The summed E-state index contributed by atoms with van der Waals surface area (Å²) in [5, 5.41) is 31.3. The van der Waals surface area contributed by atoms with E-state index in [0.717, 1.165) is 214 Å². The number of carboxylic acids is 3. The van der Waals surface area contributed by atoms with Gasteiger partial charge in [0.05, 0.1) is 102 Å². The molecule has 7 aliphatic heterocycles. The maximum atomic E-state index is 11.5. The van der Waals surface area contributed by atoms with Gasteiger partial charge in [-0.25, -0.2) is 18.7 Å². The van der Waals surface area contributed by atoms with Crippen LogP contribution in [0.3, 0.4) is 0 Å². The van der Waals surface area contributed by atoms with Crippen LogP contribution in [0, 0.1) is 5.41 Å². The van der Waals surface area contributed by atoms with Crippen molar-refractivity contribution in [3.05, 3.63) is 225 Å². The van der Waals surface area contributed by atoms with Crippen molar-refractivity contribution in [2.75, 3.05) is 71.3 Å². The molecule has 0 radical (unpaired) electrons. The number of aliphatic carboxylic acids is 3. The van der Waals surface area contributed by atoms with Gasteiger partial charge in [0.15, 0.2) is 5.71 Å². The van der Waals surface area contributed by atoms with Gasteiger partial charge in [0.1, 0.15) is 17.3 Å². The molecular weight excluding hydrogens is 1750 g/mol. The number of esters is 2. The zero-order valence-electron chi connectivity index (χ0n) is 75.8. The van der Waals surface area contributed by atoms with Gasteiger partial charge in [0.2, 0.25) is 0 Å². The number of hydrogen-bond acceptors (Lipinski definition) is 17. The van der Waals surface area contributed by atoms with Crippen LogP contribution in [0.25, 0.3) is 0 Å². The van der Waals surface area contributed by atoms with Gasteiger partial charge in [-0.05, 0) is 257 Å². The SMILES string of the molecule is CC(=O)[O-].CC1=Nc2c(ccc[n+]2CCCCCC(=O)O)C1(C)C.CI.CN1CC(C=Nc2ccccc2)=C(Cl)/C(=C/Nc2ccccc2)C1.COC(=O)CCCCCN1C=CC=C2C1=N/C(=C/C=C1\CN(C)CC(/C=C/C3=Nc4c(ccc[n+]4CCCCCC(=O)O)C3(C)C)=C1Cl)C2(C)C.COC(=O)CCCCC[n+]1cccc2c1N=C(C)C2(C)C.Cl.[Na+]. The Labute approximate surface area is 787 Å². The fourth-order valence-electron chi connectivity index (χ4n) is 14.9. The van der Waals surface area contributed by atoms with E-state index in [4.69, 9.17) is 68.0 Å². The molecule has 0 amide bonds. The van der Waals surface area contributed by atoms with Gasteiger partial charge in [-0.2, -0.15) is 0 Å². The summed E-state index contributed by atoms with van der Waals surface area (Å²) in [5.74, 6) is 1.31. The number of aromatic nitrogens is 3. The number of carbonyl (C=O) groups excluding carboxylic acids is 3. The molecule has 5 aromatic rings. The first-order chi connectivity index (χ1) is 58.2. The molecule has 124 heavy (non-hydrogen) atoms. The van der Waals surface area contributed by atoms with Crippen LogP contribution >= 0.6 is 58.2 Å². The minimum Gasteiger partial charge on any atom is -0.550 e. The molecule has 0 unspecified atom stereocenters. The van der Waals surface area contributed by atoms with Gasteiger partial charge in [-0.3, -0.25) is 34.0 Å². The Morgan fingerprint density at radius 2 is 0.992 bits per heavy atom. The van der Waals surface area contributed by atoms with Gasteiger partial charge >= 0.3 is 70.9 Å². The van der Waals surface area contributed by atoms with Gasteiger partial charge in [-0.1, -0.05) is 121 Å². The molecule has 0 bridgehead atoms. The van der Waals surface area contributed by atoms with Crippen LogP contribution in [0.4, 0.5) is 28.8 Å². The Morgan fingerprint density at radius 3 is 1.48 bits per heavy atom. The number of aryl methyl sites for hydroxylation is 3. The number of unbranched alkanes of at least 4 members (excludes halogenated alkanes) is 8. The number of nitrogens with one attached hydrogen (secondary N) is 1. The number of amidine groups is 1. The maximum absolute atomic E-state index is 11.5. The summed E-state index contributed by atoms with van der Waals surface area (Å²) in [6.07, 6.45) is 37.2. The third-order valence-corrected chi connectivity index (χ3v) is 23.6. The smallest absolute Gasteiger partial charge is 0.550 e. The van der Waals surface area contributed by atoms with Crippen molar-refractivity contribution in [2.45, 2.75) is 215 Å². The number of likely N-dealkylation sites (N-methyl/N-ethyl adjacent to an activating group) is 2. The number of anilines is 1. The number of pyridine rings is 3. The van der Waals surface area contributed by atoms with E-state index in [1.165, 1.54) is 42.2 Å². The van der Waals surface area contributed by atoms with Gasteiger partial charge in [-0.15, -0.1) is 12.4 Å². The third kappa shape index (κ3) is 31.0. The number of hydrogen-bond donors (Lipinski definition) is 3. The summed E-state index contributed by atoms with van der Waals surface area (Å²) in [6.45, 7) is 29.4. The second-order valence-electron chi connectivity index (χ2n) is 33.3. The summed E-state index contributed by atoms with van der Waals surface area (Å²) in [7, 11) is 7.06. The van der Waals surface area contributed by atoms with Crippen molar-refractivity contribution in [2.24, 2.45) is 30.4 Å². The van der Waals surface area contributed by atoms with Crippen molar-refractivity contribution in [1.29, 1.82) is 0 Å². The Morgan fingerprint density at radius 1 is 0.556 bits per heavy atom. The standard InChI is InChI=1S/C41H52ClN5O4.C20H20ClN3.C17H25N2O2.C16H22N2O2.C2H4O2.CH3I.ClH.Na/c1-40(2)31-15-13-25-46(23-11-7-9-17-35(48)49)38(31)43-33(40)21-19-29-27-45(5)28-30(37(29)42)20-22-34-41(3,4)32-16-14-26-47(39(32)44-34)24-12-8-10-18-36(50)51-6;1-24-14-16(12-22-18-8-4-2-5-9-18)20(21)17(15-24)13-23-19-10-6-3-7-11-19;1-13-17(2,3)14-9-8-12-19(16(14)18-13)11-7-5-6-10-15(20)21-4;1-12-16(2,3)13-8-7-11-18(15(13)17-12)10-6-4-5-9-14(19)20;1-2(3)4;1-2;;/h13-16,19-22,25-26H,7-12,17-18,23-24,27-28H2,1-6H3;2-13,22H,14-15H2,1H3;8-9,12H,5-7,10-11H2,1-4H3;7-8,11H,4-6,9-10H2,1-3H3;1H3,(H,3,4);1H3;1H;/q;;+1;;;;;+1/p+1/b;16-12+,23-13?;;;;;;. The van der Waals surface area contributed by atoms with E-state index in [0.29, 0.717) is 19.3 Å². The molecule has 0 spiro atoms. The number of nitrogens with zero attached hydrogens (tertiary/aromatic N) is 11. The summed E-state index contributed by atoms with van der Waals surface area (Å²) in [5.41, 5.74) is 15.0. The number of ether oxygens (including phenoxy) is 2. The van der Waals surface area contributed by atoms with Crippen LogP contribution in [-0.4, -0.2) is 150 Å². The van der Waals surface area contributed by atoms with E-state index < -0.39 is 17.9 Å². The average molecular weight is 1880 g/mol. The topological polar surface area (TPSA) is 263 Å². The molecule has 12 rings (SSSR count). The van der Waals surface area contributed by atoms with Crippen LogP contribution in [-0.2, 0) is 69.3 Å². The minimum absolute atomic E-state index is 0. The molecule has 0 saturated heterocycles. The van der Waals surface area contributed by atoms with Crippen LogP contribution in [0.5, 0.6) is 0 Å². The van der Waals surface area contributed by atoms with E-state index in [1.54, 1.807) is 0 Å². The molecule has 0 saturated carbocycles. The first-order valence-electron chi connectivity index (χ1n) is 42.2. The number of alkyl halides is 1. The number of benzene rings is 2. The van der Waals surface area contributed by atoms with E-state index in [9.17, 15) is 19.2 Å². The summed E-state index contributed by atoms with van der Waals surface area (Å²) < 4.78 is 16.0. The maximum Gasteiger partial charge on any atom is 1.00 e. The van der Waals surface area contributed by atoms with E-state index in [-0.39, 0.29) is 88.4 Å². The molecule has 3 N–H and O–H groups in total. The molecule has 0 atom stereocenters. The summed E-state index contributed by atoms with van der Waals surface area (Å²) >= 11 is 15.9. The van der Waals surface area contributed by atoms with E-state index in [1.807, 2.05) is 78.0 Å². The number of carbonyl (C=O) groups is 5. The molecule has 7 aliphatic rings. The van der Waals surface area contributed by atoms with Crippen LogP contribution in [0.15, 0.2) is 233 Å². The molecule has 22 nitrogen and oxygen atoms in total. The number of halogens is 4. The molecule has 10 heterocycles. The third-order valence-electron chi connectivity index (χ3n) is 22.6. The largest absolute Gasteiger partial charge is 1.00 e. The predicted octanol–water partition coefficient (Wildman–Crippen LogP) is 15.9. The molecule has 27 heteroatoms. The first kappa shape index (κ1) is 106. The number of fused-ring (bicyclic) bond motifs is 4. The zero-order chi connectivity index (χ0) is 89.3. The summed E-state index contributed by atoms with van der Waals surface area (Å²) in [6, 6.07) is 32.7. The Bertz CT molecular complexity index is 4900. The van der Waals surface area contributed by atoms with Crippen molar-refractivity contribution in [1.82, 2.24) is 14.7 Å². The van der Waals surface area contributed by atoms with Crippen molar-refractivity contribution >= 4 is 146 Å². The minimum atomic E-state index is -1.08. The number of rotatable bonds is 31. The average Bonchev–Trinajstić information content (AvgIpc) is 1.67. The molecule has 0 aliphatic carbocycles. The second-order valence-corrected chi connectivity index (χ2v) is 34.1. The Kier molecular flexibility index (Phi) is 44.6. The zero-order valence-corrected chi connectivity index (χ0v) is 82.2. The number of carboxylic acid groups (broad SMARTS) is 3. The number of methoxy groups -OCH3 is 2. The Hall–Kier alpha value is -8.37. The van der Waals surface area contributed by atoms with E-state index >= 15 is 0 Å². The summed E-state index contributed by atoms with van der Waals surface area (Å²) in [4.78, 5) is 85.7. The van der Waals surface area contributed by atoms with Crippen molar-refractivity contribution < 1.29 is 92.0 Å². The Balaban J connectivity index is 0.000000312. The molecular formula is C97H128Cl3IN12NaO10+3. The molecule has 3 aromatic heterocycles. The quantitative estimate of drug-likeness (QED) is 0.00709. The van der Waals surface area contributed by atoms with Crippen LogP contribution < -0.4 is 53.7 Å². The van der Waals surface area contributed by atoms with Crippen molar-refractivity contribution in [3.8, 4) is 0 Å². The van der Waals surface area contributed by atoms with Crippen LogP contribution in [0.2, 0.25) is 0 Å². The fourth-order valence-corrected chi connectivity index (χ4v) is 15.4. The predicted molar refractivity (Wildman–Crippen MR) is 507 cm³/mol. The molecule has 2 aromatic carbocycles. The second kappa shape index (κ2) is 52.0. The number of allylic oxidation sites excluding steroid dienone is 6. The van der Waals surface area contributed by atoms with Crippen LogP contribution in [0.1, 0.15) is 196 Å². The van der Waals surface area contributed by atoms with Gasteiger partial charge < -0.3 is 39.8 Å². The normalized spacial score (nSPS) is 17.5. The fraction of sp³-hybridized carbons (Fsp3) is 0.454. The van der Waals surface area contributed by atoms with Crippen molar-refractivity contribution in [3.63, 3.8) is 0 Å². The molecule has 662 valence electrons. The monoisotopic (exact) mass is 1880 g/mol.